The van der Waals surface area contributed by atoms with Gasteiger partial charge in [0.1, 0.15) is 23.0 Å². The van der Waals surface area contributed by atoms with Crippen LogP contribution in [0.15, 0.2) is 66.0 Å². The normalized spacial score (nSPS) is 11.1. The second kappa shape index (κ2) is 7.18. The van der Waals surface area contributed by atoms with Crippen LogP contribution in [0.3, 0.4) is 0 Å². The fourth-order valence-electron chi connectivity index (χ4n) is 1.96. The first kappa shape index (κ1) is 16.1. The van der Waals surface area contributed by atoms with Crippen LogP contribution in [0.1, 0.15) is 16.2 Å². The molecule has 8 nitrogen and oxygen atoms in total. The van der Waals surface area contributed by atoms with Crippen molar-refractivity contribution < 1.29 is 4.79 Å². The number of hydrogen-bond acceptors (Lipinski definition) is 6. The van der Waals surface area contributed by atoms with Crippen LogP contribution in [-0.2, 0) is 0 Å². The summed E-state index contributed by atoms with van der Waals surface area (Å²) in [5, 5.41) is 2.64. The number of nitrogens with two attached hydrogens (primary N) is 2. The van der Waals surface area contributed by atoms with Gasteiger partial charge in [-0.25, -0.2) is 15.0 Å². The van der Waals surface area contributed by atoms with Gasteiger partial charge in [0.15, 0.2) is 0 Å². The average molecular weight is 333 g/mol. The van der Waals surface area contributed by atoms with Crippen molar-refractivity contribution in [1.82, 2.24) is 15.0 Å². The van der Waals surface area contributed by atoms with E-state index in [1.54, 1.807) is 36.5 Å². The number of pyridine rings is 3. The van der Waals surface area contributed by atoms with Gasteiger partial charge in [0.2, 0.25) is 0 Å². The molecule has 5 N–H and O–H groups in total. The van der Waals surface area contributed by atoms with E-state index in [9.17, 15) is 4.79 Å². The van der Waals surface area contributed by atoms with Crippen LogP contribution in [0.5, 0.6) is 0 Å². The predicted molar refractivity (Wildman–Crippen MR) is 95.5 cm³/mol. The number of anilines is 2. The molecule has 25 heavy (non-hydrogen) atoms. The molecule has 0 aromatic carbocycles. The van der Waals surface area contributed by atoms with Gasteiger partial charge in [-0.05, 0) is 36.4 Å². The van der Waals surface area contributed by atoms with Gasteiger partial charge >= 0.3 is 0 Å². The number of rotatable bonds is 4. The second-order valence-electron chi connectivity index (χ2n) is 5.04. The first-order chi connectivity index (χ1) is 12.1. The lowest BCUT2D eigenvalue weighted by molar-refractivity contribution is 0.102. The molecule has 0 fully saturated rings. The van der Waals surface area contributed by atoms with E-state index in [0.29, 0.717) is 22.9 Å². The quantitative estimate of drug-likeness (QED) is 0.492. The predicted octanol–water partition coefficient (Wildman–Crippen LogP) is 1.74. The van der Waals surface area contributed by atoms with Crippen molar-refractivity contribution in [3.63, 3.8) is 0 Å². The molecule has 1 amide bonds. The lowest BCUT2D eigenvalue weighted by Crippen LogP contribution is -2.15. The standard InChI is InChI=1S/C17H15N7O/c18-11-4-6-14(21-9-11)17(25)24-15-7-5-12(10-22-15)23-16(19)13-3-1-2-8-20-13/h1-10H,18H2,(H2,19,23)(H,22,24,25). The minimum absolute atomic E-state index is 0.248. The maximum atomic E-state index is 12.1. The fraction of sp³-hybridized carbons (Fsp3) is 0. The van der Waals surface area contributed by atoms with Crippen LogP contribution < -0.4 is 16.8 Å². The van der Waals surface area contributed by atoms with E-state index in [-0.39, 0.29) is 17.4 Å². The minimum atomic E-state index is -0.378. The molecule has 3 rings (SSSR count). The highest BCUT2D eigenvalue weighted by Crippen LogP contribution is 2.14. The Labute approximate surface area is 143 Å². The molecule has 0 bridgehead atoms. The van der Waals surface area contributed by atoms with E-state index in [4.69, 9.17) is 11.5 Å². The molecule has 0 aliphatic heterocycles. The highest BCUT2D eigenvalue weighted by atomic mass is 16.1. The molecule has 3 aromatic rings. The zero-order valence-electron chi connectivity index (χ0n) is 13.1. The maximum Gasteiger partial charge on any atom is 0.275 e. The Balaban J connectivity index is 1.70. The number of carbonyl (C=O) groups is 1. The topological polar surface area (TPSA) is 132 Å². The summed E-state index contributed by atoms with van der Waals surface area (Å²) in [6.07, 6.45) is 4.56. The van der Waals surface area contributed by atoms with Gasteiger partial charge < -0.3 is 16.8 Å². The molecular formula is C17H15N7O. The van der Waals surface area contributed by atoms with Gasteiger partial charge in [-0.1, -0.05) is 6.07 Å². The van der Waals surface area contributed by atoms with Crippen molar-refractivity contribution in [3.05, 3.63) is 72.4 Å². The third kappa shape index (κ3) is 4.14. The molecule has 3 heterocycles. The number of nitrogens with zero attached hydrogens (tertiary/aromatic N) is 4. The molecule has 0 aliphatic rings. The zero-order chi connectivity index (χ0) is 17.6. The summed E-state index contributed by atoms with van der Waals surface area (Å²) in [7, 11) is 0. The average Bonchev–Trinajstić information content (AvgIpc) is 2.64. The summed E-state index contributed by atoms with van der Waals surface area (Å²) in [4.78, 5) is 28.5. The number of nitrogen functional groups attached to an aromatic ring is 1. The van der Waals surface area contributed by atoms with Crippen LogP contribution in [0.4, 0.5) is 17.2 Å². The van der Waals surface area contributed by atoms with Crippen LogP contribution in [0, 0.1) is 0 Å². The van der Waals surface area contributed by atoms with Crippen molar-refractivity contribution in [1.29, 1.82) is 0 Å². The number of nitrogens with one attached hydrogen (secondary N) is 1. The molecule has 3 aromatic heterocycles. The molecular weight excluding hydrogens is 318 g/mol. The highest BCUT2D eigenvalue weighted by Gasteiger charge is 2.08. The highest BCUT2D eigenvalue weighted by molar-refractivity contribution is 6.02. The summed E-state index contributed by atoms with van der Waals surface area (Å²) in [6.45, 7) is 0. The van der Waals surface area contributed by atoms with Crippen LogP contribution in [-0.4, -0.2) is 26.7 Å². The molecule has 0 atom stereocenters. The van der Waals surface area contributed by atoms with Crippen molar-refractivity contribution in [3.8, 4) is 0 Å². The Morgan fingerprint density at radius 2 is 1.84 bits per heavy atom. The van der Waals surface area contributed by atoms with Gasteiger partial charge in [-0.2, -0.15) is 0 Å². The van der Waals surface area contributed by atoms with Gasteiger partial charge in [-0.3, -0.25) is 9.78 Å². The fourth-order valence-corrected chi connectivity index (χ4v) is 1.96. The first-order valence-electron chi connectivity index (χ1n) is 7.36. The van der Waals surface area contributed by atoms with Gasteiger partial charge in [-0.15, -0.1) is 0 Å². The molecule has 0 unspecified atom stereocenters. The maximum absolute atomic E-state index is 12.1. The number of amidine groups is 1. The van der Waals surface area contributed by atoms with Gasteiger partial charge in [0.05, 0.1) is 23.8 Å². The molecule has 124 valence electrons. The van der Waals surface area contributed by atoms with E-state index in [0.717, 1.165) is 0 Å². The number of hydrogen-bond donors (Lipinski definition) is 3. The Bertz CT molecular complexity index is 891. The smallest absolute Gasteiger partial charge is 0.275 e. The molecule has 0 aliphatic carbocycles. The van der Waals surface area contributed by atoms with Crippen LogP contribution in [0.25, 0.3) is 0 Å². The Hall–Kier alpha value is -3.81. The number of aromatic nitrogens is 3. The summed E-state index contributed by atoms with van der Waals surface area (Å²) in [6, 6.07) is 11.8. The van der Waals surface area contributed by atoms with Crippen LogP contribution in [0.2, 0.25) is 0 Å². The SMILES string of the molecule is NC(=Nc1ccc(NC(=O)c2ccc(N)cn2)nc1)c1ccccn1. The van der Waals surface area contributed by atoms with Crippen molar-refractivity contribution in [2.45, 2.75) is 0 Å². The second-order valence-corrected chi connectivity index (χ2v) is 5.04. The summed E-state index contributed by atoms with van der Waals surface area (Å²) >= 11 is 0. The third-order valence-electron chi connectivity index (χ3n) is 3.19. The lowest BCUT2D eigenvalue weighted by atomic mass is 10.3. The number of amides is 1. The summed E-state index contributed by atoms with van der Waals surface area (Å²) in [5.41, 5.74) is 13.3. The Morgan fingerprint density at radius 1 is 0.960 bits per heavy atom. The number of carbonyl (C=O) groups excluding carboxylic acids is 1. The van der Waals surface area contributed by atoms with Crippen molar-refractivity contribution in [2.75, 3.05) is 11.1 Å². The Kier molecular flexibility index (Phi) is 4.61. The van der Waals surface area contributed by atoms with Crippen molar-refractivity contribution >= 4 is 28.9 Å². The minimum Gasteiger partial charge on any atom is -0.397 e. The number of aliphatic imine (C=N–C) groups is 1. The largest absolute Gasteiger partial charge is 0.397 e. The summed E-state index contributed by atoms with van der Waals surface area (Å²) < 4.78 is 0. The van der Waals surface area contributed by atoms with E-state index in [1.165, 1.54) is 18.5 Å². The third-order valence-corrected chi connectivity index (χ3v) is 3.19. The summed E-state index contributed by atoms with van der Waals surface area (Å²) in [5.74, 6) is 0.279. The van der Waals surface area contributed by atoms with Gasteiger partial charge in [0.25, 0.3) is 5.91 Å². The van der Waals surface area contributed by atoms with E-state index in [1.807, 2.05) is 6.07 Å². The monoisotopic (exact) mass is 333 g/mol. The van der Waals surface area contributed by atoms with Crippen molar-refractivity contribution in [2.24, 2.45) is 10.7 Å². The molecule has 0 spiro atoms. The van der Waals surface area contributed by atoms with E-state index in [2.05, 4.69) is 25.3 Å². The molecule has 0 radical (unpaired) electrons. The molecule has 0 saturated carbocycles. The van der Waals surface area contributed by atoms with E-state index < -0.39 is 0 Å². The van der Waals surface area contributed by atoms with Crippen LogP contribution >= 0.6 is 0 Å². The Morgan fingerprint density at radius 3 is 2.48 bits per heavy atom. The zero-order valence-corrected chi connectivity index (χ0v) is 13.1. The van der Waals surface area contributed by atoms with Gasteiger partial charge in [0, 0.05) is 6.20 Å². The lowest BCUT2D eigenvalue weighted by Gasteiger charge is -2.05. The molecule has 0 saturated heterocycles. The first-order valence-corrected chi connectivity index (χ1v) is 7.36. The van der Waals surface area contributed by atoms with E-state index >= 15 is 0 Å². The molecule has 8 heteroatoms.